The van der Waals surface area contributed by atoms with Crippen LogP contribution in [0.1, 0.15) is 24.9 Å². The van der Waals surface area contributed by atoms with Gasteiger partial charge in [-0.05, 0) is 31.2 Å². The van der Waals surface area contributed by atoms with Gasteiger partial charge in [-0.3, -0.25) is 4.90 Å². The molecular weight excluding hydrogens is 310 g/mol. The molecule has 0 radical (unpaired) electrons. The zero-order chi connectivity index (χ0) is 14.4. The molecular formula is C14H20BrNO3. The average molecular weight is 330 g/mol. The van der Waals surface area contributed by atoms with E-state index < -0.39 is 12.1 Å². The van der Waals surface area contributed by atoms with Crippen LogP contribution in [0.5, 0.6) is 0 Å². The lowest BCUT2D eigenvalue weighted by Gasteiger charge is -2.28. The molecule has 0 bridgehead atoms. The summed E-state index contributed by atoms with van der Waals surface area (Å²) >= 11 is 3.40. The fourth-order valence-corrected chi connectivity index (χ4v) is 2.34. The van der Waals surface area contributed by atoms with Crippen LogP contribution in [-0.2, 0) is 9.53 Å². The highest BCUT2D eigenvalue weighted by molar-refractivity contribution is 9.10. The van der Waals surface area contributed by atoms with Crippen molar-refractivity contribution in [2.45, 2.75) is 25.5 Å². The SMILES string of the molecule is CCC(O)CN(C)C(C(=O)OC)c1cccc(Br)c1. The maximum atomic E-state index is 12.0. The first-order valence-electron chi connectivity index (χ1n) is 6.21. The zero-order valence-corrected chi connectivity index (χ0v) is 13.1. The van der Waals surface area contributed by atoms with Crippen molar-refractivity contribution >= 4 is 21.9 Å². The molecule has 5 heteroatoms. The third kappa shape index (κ3) is 4.60. The van der Waals surface area contributed by atoms with E-state index in [2.05, 4.69) is 15.9 Å². The first-order chi connectivity index (χ1) is 8.99. The van der Waals surface area contributed by atoms with Crippen molar-refractivity contribution in [2.24, 2.45) is 0 Å². The number of carbonyl (C=O) groups excluding carboxylic acids is 1. The summed E-state index contributed by atoms with van der Waals surface area (Å²) < 4.78 is 5.77. The summed E-state index contributed by atoms with van der Waals surface area (Å²) in [5.74, 6) is -0.330. The minimum atomic E-state index is -0.510. The van der Waals surface area contributed by atoms with Crippen LogP contribution in [0.3, 0.4) is 0 Å². The van der Waals surface area contributed by atoms with Gasteiger partial charge in [-0.1, -0.05) is 35.0 Å². The molecule has 0 aliphatic heterocycles. The quantitative estimate of drug-likeness (QED) is 0.814. The molecule has 2 atom stereocenters. The smallest absolute Gasteiger partial charge is 0.327 e. The molecule has 2 unspecified atom stereocenters. The number of aliphatic hydroxyl groups excluding tert-OH is 1. The maximum absolute atomic E-state index is 12.0. The summed E-state index contributed by atoms with van der Waals surface area (Å²) in [6.45, 7) is 2.33. The highest BCUT2D eigenvalue weighted by Gasteiger charge is 2.27. The van der Waals surface area contributed by atoms with Crippen LogP contribution in [0.2, 0.25) is 0 Å². The molecule has 0 aliphatic rings. The van der Waals surface area contributed by atoms with E-state index in [1.165, 1.54) is 7.11 Å². The number of benzene rings is 1. The summed E-state index contributed by atoms with van der Waals surface area (Å²) in [4.78, 5) is 13.8. The van der Waals surface area contributed by atoms with Gasteiger partial charge in [0.1, 0.15) is 6.04 Å². The Morgan fingerprint density at radius 3 is 2.74 bits per heavy atom. The Kier molecular flexibility index (Phi) is 6.48. The van der Waals surface area contributed by atoms with Gasteiger partial charge in [-0.25, -0.2) is 4.79 Å². The molecule has 0 saturated carbocycles. The van der Waals surface area contributed by atoms with Crippen molar-refractivity contribution in [3.05, 3.63) is 34.3 Å². The van der Waals surface area contributed by atoms with Gasteiger partial charge in [0.25, 0.3) is 0 Å². The van der Waals surface area contributed by atoms with E-state index in [0.717, 1.165) is 10.0 Å². The third-order valence-electron chi connectivity index (χ3n) is 3.00. The number of hydrogen-bond acceptors (Lipinski definition) is 4. The Hall–Kier alpha value is -0.910. The molecule has 106 valence electrons. The van der Waals surface area contributed by atoms with E-state index in [4.69, 9.17) is 4.74 Å². The summed E-state index contributed by atoms with van der Waals surface area (Å²) in [6, 6.07) is 7.03. The summed E-state index contributed by atoms with van der Waals surface area (Å²) in [6.07, 6.45) is 0.195. The Morgan fingerprint density at radius 2 is 2.21 bits per heavy atom. The van der Waals surface area contributed by atoms with Gasteiger partial charge >= 0.3 is 5.97 Å². The molecule has 0 aliphatic carbocycles. The number of esters is 1. The lowest BCUT2D eigenvalue weighted by molar-refractivity contribution is -0.147. The molecule has 19 heavy (non-hydrogen) atoms. The van der Waals surface area contributed by atoms with Gasteiger partial charge in [0, 0.05) is 11.0 Å². The first kappa shape index (κ1) is 16.1. The largest absolute Gasteiger partial charge is 0.468 e. The minimum Gasteiger partial charge on any atom is -0.468 e. The number of rotatable bonds is 6. The minimum absolute atomic E-state index is 0.330. The second-order valence-corrected chi connectivity index (χ2v) is 5.40. The van der Waals surface area contributed by atoms with E-state index in [0.29, 0.717) is 13.0 Å². The Morgan fingerprint density at radius 1 is 1.53 bits per heavy atom. The van der Waals surface area contributed by atoms with Gasteiger partial charge in [-0.15, -0.1) is 0 Å². The predicted molar refractivity (Wildman–Crippen MR) is 77.8 cm³/mol. The molecule has 0 fully saturated rings. The van der Waals surface area contributed by atoms with Crippen LogP contribution >= 0.6 is 15.9 Å². The van der Waals surface area contributed by atoms with E-state index in [1.54, 1.807) is 7.05 Å². The summed E-state index contributed by atoms with van der Waals surface area (Å²) in [7, 11) is 3.18. The summed E-state index contributed by atoms with van der Waals surface area (Å²) in [5, 5.41) is 9.73. The van der Waals surface area contributed by atoms with E-state index >= 15 is 0 Å². The van der Waals surface area contributed by atoms with Crippen molar-refractivity contribution in [3.8, 4) is 0 Å². The van der Waals surface area contributed by atoms with Crippen LogP contribution in [-0.4, -0.2) is 42.8 Å². The predicted octanol–water partition coefficient (Wildman–Crippen LogP) is 2.37. The maximum Gasteiger partial charge on any atom is 0.327 e. The second-order valence-electron chi connectivity index (χ2n) is 4.48. The van der Waals surface area contributed by atoms with Crippen molar-refractivity contribution in [1.29, 1.82) is 0 Å². The van der Waals surface area contributed by atoms with Gasteiger partial charge < -0.3 is 9.84 Å². The molecule has 0 saturated heterocycles. The van der Waals surface area contributed by atoms with Gasteiger partial charge in [0.05, 0.1) is 13.2 Å². The summed E-state index contributed by atoms with van der Waals surface area (Å²) in [5.41, 5.74) is 0.840. The average Bonchev–Trinajstić information content (AvgIpc) is 2.38. The number of aliphatic hydroxyl groups is 1. The number of carbonyl (C=O) groups is 1. The normalized spacial score (nSPS) is 14.2. The van der Waals surface area contributed by atoms with Crippen LogP contribution in [0.15, 0.2) is 28.7 Å². The van der Waals surface area contributed by atoms with E-state index in [1.807, 2.05) is 36.1 Å². The van der Waals surface area contributed by atoms with Crippen molar-refractivity contribution in [1.82, 2.24) is 4.90 Å². The number of hydrogen-bond donors (Lipinski definition) is 1. The Balaban J connectivity index is 2.98. The molecule has 0 aromatic heterocycles. The molecule has 0 spiro atoms. The highest BCUT2D eigenvalue weighted by Crippen LogP contribution is 2.24. The molecule has 1 aromatic carbocycles. The van der Waals surface area contributed by atoms with E-state index in [-0.39, 0.29) is 5.97 Å². The van der Waals surface area contributed by atoms with Gasteiger partial charge in [0.15, 0.2) is 0 Å². The van der Waals surface area contributed by atoms with Crippen molar-refractivity contribution in [3.63, 3.8) is 0 Å². The number of methoxy groups -OCH3 is 1. The van der Waals surface area contributed by atoms with Crippen LogP contribution in [0, 0.1) is 0 Å². The van der Waals surface area contributed by atoms with Crippen LogP contribution in [0.25, 0.3) is 0 Å². The second kappa shape index (κ2) is 7.62. The highest BCUT2D eigenvalue weighted by atomic mass is 79.9. The fourth-order valence-electron chi connectivity index (χ4n) is 1.93. The molecule has 1 N–H and O–H groups in total. The lowest BCUT2D eigenvalue weighted by Crippen LogP contribution is -2.37. The fraction of sp³-hybridized carbons (Fsp3) is 0.500. The molecule has 4 nitrogen and oxygen atoms in total. The molecule has 1 rings (SSSR count). The zero-order valence-electron chi connectivity index (χ0n) is 11.5. The van der Waals surface area contributed by atoms with Gasteiger partial charge in [-0.2, -0.15) is 0 Å². The van der Waals surface area contributed by atoms with E-state index in [9.17, 15) is 9.90 Å². The third-order valence-corrected chi connectivity index (χ3v) is 3.49. The number of halogens is 1. The van der Waals surface area contributed by atoms with Crippen molar-refractivity contribution < 1.29 is 14.6 Å². The molecule has 0 amide bonds. The molecule has 0 heterocycles. The van der Waals surface area contributed by atoms with Crippen molar-refractivity contribution in [2.75, 3.05) is 20.7 Å². The standard InChI is InChI=1S/C14H20BrNO3/c1-4-12(17)9-16(2)13(14(18)19-3)10-6-5-7-11(15)8-10/h5-8,12-13,17H,4,9H2,1-3H3. The van der Waals surface area contributed by atoms with Crippen LogP contribution in [0.4, 0.5) is 0 Å². The monoisotopic (exact) mass is 329 g/mol. The Bertz CT molecular complexity index is 425. The number of ether oxygens (including phenoxy) is 1. The Labute approximate surface area is 122 Å². The number of likely N-dealkylation sites (N-methyl/N-ethyl adjacent to an activating group) is 1. The van der Waals surface area contributed by atoms with Gasteiger partial charge in [0.2, 0.25) is 0 Å². The first-order valence-corrected chi connectivity index (χ1v) is 7.00. The molecule has 1 aromatic rings. The topological polar surface area (TPSA) is 49.8 Å². The lowest BCUT2D eigenvalue weighted by atomic mass is 10.1. The number of nitrogens with zero attached hydrogens (tertiary/aromatic N) is 1. The van der Waals surface area contributed by atoms with Crippen LogP contribution < -0.4 is 0 Å².